The first-order valence-corrected chi connectivity index (χ1v) is 5.69. The van der Waals surface area contributed by atoms with Gasteiger partial charge in [0.1, 0.15) is 0 Å². The van der Waals surface area contributed by atoms with Gasteiger partial charge in [0, 0.05) is 11.3 Å². The summed E-state index contributed by atoms with van der Waals surface area (Å²) in [6.07, 6.45) is 0.644. The summed E-state index contributed by atoms with van der Waals surface area (Å²) in [5.41, 5.74) is 0.597. The number of carbonyl (C=O) groups is 1. The maximum atomic E-state index is 11.3. The lowest BCUT2D eigenvalue weighted by Crippen LogP contribution is -2.23. The summed E-state index contributed by atoms with van der Waals surface area (Å²) in [5, 5.41) is 9.08. The zero-order chi connectivity index (χ0) is 13.2. The van der Waals surface area contributed by atoms with E-state index in [9.17, 15) is 9.59 Å². The number of aromatic amines is 1. The monoisotopic (exact) mass is 238 g/mol. The molecule has 94 valence electrons. The predicted octanol–water partition coefficient (Wildman–Crippen LogP) is 1.79. The first kappa shape index (κ1) is 13.4. The SMILES string of the molecule is CC(C)Cc1[nH]c(=O)nc(C(=O)O)c1C(C)C. The molecule has 0 saturated carbocycles. The smallest absolute Gasteiger partial charge is 0.355 e. The molecule has 1 heterocycles. The van der Waals surface area contributed by atoms with Crippen LogP contribution in [0.1, 0.15) is 55.4 Å². The van der Waals surface area contributed by atoms with Gasteiger partial charge < -0.3 is 10.1 Å². The molecule has 0 aliphatic carbocycles. The fourth-order valence-electron chi connectivity index (χ4n) is 1.88. The first-order valence-electron chi connectivity index (χ1n) is 5.69. The third-order valence-corrected chi connectivity index (χ3v) is 2.44. The number of hydrogen-bond acceptors (Lipinski definition) is 3. The van der Waals surface area contributed by atoms with Gasteiger partial charge in [-0.15, -0.1) is 0 Å². The second-order valence-electron chi connectivity index (χ2n) is 4.84. The first-order chi connectivity index (χ1) is 7.82. The Hall–Kier alpha value is -1.65. The van der Waals surface area contributed by atoms with Crippen molar-refractivity contribution in [3.05, 3.63) is 27.4 Å². The maximum Gasteiger partial charge on any atom is 0.355 e. The van der Waals surface area contributed by atoms with Crippen LogP contribution >= 0.6 is 0 Å². The molecule has 0 aliphatic heterocycles. The van der Waals surface area contributed by atoms with Crippen molar-refractivity contribution in [3.63, 3.8) is 0 Å². The molecule has 5 nitrogen and oxygen atoms in total. The second kappa shape index (κ2) is 5.12. The Labute approximate surface area is 99.9 Å². The predicted molar refractivity (Wildman–Crippen MR) is 64.4 cm³/mol. The zero-order valence-electron chi connectivity index (χ0n) is 10.6. The third-order valence-electron chi connectivity index (χ3n) is 2.44. The van der Waals surface area contributed by atoms with Crippen molar-refractivity contribution in [1.82, 2.24) is 9.97 Å². The number of aromatic carboxylic acids is 1. The van der Waals surface area contributed by atoms with Crippen LogP contribution in [0.25, 0.3) is 0 Å². The van der Waals surface area contributed by atoms with E-state index in [1.54, 1.807) is 0 Å². The van der Waals surface area contributed by atoms with Crippen molar-refractivity contribution >= 4 is 5.97 Å². The lowest BCUT2D eigenvalue weighted by Gasteiger charge is -2.15. The molecule has 0 saturated heterocycles. The van der Waals surface area contributed by atoms with E-state index in [-0.39, 0.29) is 11.6 Å². The Bertz CT molecular complexity index is 475. The Morgan fingerprint density at radius 3 is 2.35 bits per heavy atom. The summed E-state index contributed by atoms with van der Waals surface area (Å²) in [7, 11) is 0. The molecule has 0 fully saturated rings. The summed E-state index contributed by atoms with van der Waals surface area (Å²) in [4.78, 5) is 28.6. The number of H-pyrrole nitrogens is 1. The second-order valence-corrected chi connectivity index (χ2v) is 4.84. The molecular formula is C12H18N2O3. The number of nitrogens with zero attached hydrogens (tertiary/aromatic N) is 1. The molecule has 1 aromatic heterocycles. The number of carboxylic acid groups (broad SMARTS) is 1. The molecule has 0 bridgehead atoms. The normalized spacial score (nSPS) is 11.2. The van der Waals surface area contributed by atoms with Gasteiger partial charge in [0.25, 0.3) is 0 Å². The van der Waals surface area contributed by atoms with Gasteiger partial charge in [-0.3, -0.25) is 0 Å². The van der Waals surface area contributed by atoms with Crippen molar-refractivity contribution in [3.8, 4) is 0 Å². The molecule has 17 heavy (non-hydrogen) atoms. The fraction of sp³-hybridized carbons (Fsp3) is 0.583. The van der Waals surface area contributed by atoms with E-state index in [2.05, 4.69) is 9.97 Å². The summed E-state index contributed by atoms with van der Waals surface area (Å²) >= 11 is 0. The lowest BCUT2D eigenvalue weighted by atomic mass is 9.94. The summed E-state index contributed by atoms with van der Waals surface area (Å²) in [5.74, 6) is -0.795. The van der Waals surface area contributed by atoms with Crippen molar-refractivity contribution < 1.29 is 9.90 Å². The number of hydrogen-bond donors (Lipinski definition) is 2. The highest BCUT2D eigenvalue weighted by atomic mass is 16.4. The number of rotatable bonds is 4. The number of aromatic nitrogens is 2. The van der Waals surface area contributed by atoms with E-state index in [0.717, 1.165) is 0 Å². The standard InChI is InChI=1S/C12H18N2O3/c1-6(2)5-8-9(7(3)4)10(11(15)16)14-12(17)13-8/h6-7H,5H2,1-4H3,(H,15,16)(H,13,14,17). The van der Waals surface area contributed by atoms with Crippen LogP contribution in [-0.4, -0.2) is 21.0 Å². The third kappa shape index (κ3) is 3.15. The van der Waals surface area contributed by atoms with Crippen LogP contribution in [0.15, 0.2) is 4.79 Å². The highest BCUT2D eigenvalue weighted by molar-refractivity contribution is 5.87. The van der Waals surface area contributed by atoms with Crippen molar-refractivity contribution in [2.24, 2.45) is 5.92 Å². The van der Waals surface area contributed by atoms with Crippen LogP contribution in [0.3, 0.4) is 0 Å². The van der Waals surface area contributed by atoms with E-state index in [0.29, 0.717) is 23.6 Å². The van der Waals surface area contributed by atoms with E-state index >= 15 is 0 Å². The molecule has 5 heteroatoms. The Morgan fingerprint density at radius 2 is 1.94 bits per heavy atom. The number of nitrogens with one attached hydrogen (secondary N) is 1. The topological polar surface area (TPSA) is 83.0 Å². The Balaban J connectivity index is 3.46. The van der Waals surface area contributed by atoms with Gasteiger partial charge in [0.05, 0.1) is 0 Å². The molecular weight excluding hydrogens is 220 g/mol. The molecule has 1 aromatic rings. The van der Waals surface area contributed by atoms with Crippen molar-refractivity contribution in [1.29, 1.82) is 0 Å². The summed E-state index contributed by atoms with van der Waals surface area (Å²) in [6.45, 7) is 7.82. The van der Waals surface area contributed by atoms with E-state index < -0.39 is 11.7 Å². The highest BCUT2D eigenvalue weighted by Gasteiger charge is 2.20. The molecule has 0 amide bonds. The lowest BCUT2D eigenvalue weighted by molar-refractivity contribution is 0.0687. The minimum absolute atomic E-state index is 0.0131. The average molecular weight is 238 g/mol. The van der Waals surface area contributed by atoms with E-state index in [1.807, 2.05) is 27.7 Å². The molecule has 0 aromatic carbocycles. The van der Waals surface area contributed by atoms with Gasteiger partial charge >= 0.3 is 11.7 Å². The minimum Gasteiger partial charge on any atom is -0.476 e. The van der Waals surface area contributed by atoms with Crippen molar-refractivity contribution in [2.75, 3.05) is 0 Å². The van der Waals surface area contributed by atoms with E-state index in [1.165, 1.54) is 0 Å². The van der Waals surface area contributed by atoms with Crippen LogP contribution in [-0.2, 0) is 6.42 Å². The Kier molecular flexibility index (Phi) is 4.04. The molecule has 0 radical (unpaired) electrons. The highest BCUT2D eigenvalue weighted by Crippen LogP contribution is 2.22. The van der Waals surface area contributed by atoms with Crippen molar-refractivity contribution in [2.45, 2.75) is 40.0 Å². The van der Waals surface area contributed by atoms with Crippen LogP contribution < -0.4 is 5.69 Å². The molecule has 1 rings (SSSR count). The minimum atomic E-state index is -1.15. The van der Waals surface area contributed by atoms with Gasteiger partial charge in [-0.2, -0.15) is 4.98 Å². The van der Waals surface area contributed by atoms with E-state index in [4.69, 9.17) is 5.11 Å². The Morgan fingerprint density at radius 1 is 1.35 bits per heavy atom. The summed E-state index contributed by atoms with van der Waals surface area (Å²) in [6, 6.07) is 0. The maximum absolute atomic E-state index is 11.3. The quantitative estimate of drug-likeness (QED) is 0.837. The molecule has 0 atom stereocenters. The van der Waals surface area contributed by atoms with Gasteiger partial charge in [-0.05, 0) is 18.3 Å². The molecule has 0 aliphatic rings. The van der Waals surface area contributed by atoms with Gasteiger partial charge in [0.15, 0.2) is 5.69 Å². The van der Waals surface area contributed by atoms with Gasteiger partial charge in [-0.1, -0.05) is 27.7 Å². The number of carboxylic acids is 1. The largest absolute Gasteiger partial charge is 0.476 e. The molecule has 0 spiro atoms. The molecule has 0 unspecified atom stereocenters. The summed E-state index contributed by atoms with van der Waals surface area (Å²) < 4.78 is 0. The van der Waals surface area contributed by atoms with Crippen LogP contribution in [0.5, 0.6) is 0 Å². The average Bonchev–Trinajstić information content (AvgIpc) is 2.14. The van der Waals surface area contributed by atoms with Crippen LogP contribution in [0, 0.1) is 5.92 Å². The van der Waals surface area contributed by atoms with Crippen LogP contribution in [0.4, 0.5) is 0 Å². The zero-order valence-corrected chi connectivity index (χ0v) is 10.6. The van der Waals surface area contributed by atoms with Gasteiger partial charge in [0.2, 0.25) is 0 Å². The van der Waals surface area contributed by atoms with Gasteiger partial charge in [-0.25, -0.2) is 9.59 Å². The van der Waals surface area contributed by atoms with Crippen LogP contribution in [0.2, 0.25) is 0 Å². The fourth-order valence-corrected chi connectivity index (χ4v) is 1.88. The molecule has 2 N–H and O–H groups in total.